The predicted molar refractivity (Wildman–Crippen MR) is 78.5 cm³/mol. The minimum absolute atomic E-state index is 0.0779. The van der Waals surface area contributed by atoms with Gasteiger partial charge in [0.1, 0.15) is 0 Å². The molecular formula is C14H22N4O2. The first kappa shape index (κ1) is 15.9. The van der Waals surface area contributed by atoms with Crippen LogP contribution in [0.25, 0.3) is 0 Å². The Morgan fingerprint density at radius 2 is 2.05 bits per heavy atom. The van der Waals surface area contributed by atoms with Crippen LogP contribution >= 0.6 is 0 Å². The third-order valence-electron chi connectivity index (χ3n) is 2.72. The van der Waals surface area contributed by atoms with Crippen LogP contribution in [0.15, 0.2) is 12.3 Å². The number of nitrogens with one attached hydrogen (secondary N) is 2. The number of primary amides is 1. The first-order valence-corrected chi connectivity index (χ1v) is 6.56. The Kier molecular flexibility index (Phi) is 5.07. The second kappa shape index (κ2) is 6.36. The summed E-state index contributed by atoms with van der Waals surface area (Å²) in [5.41, 5.74) is 6.49. The summed E-state index contributed by atoms with van der Waals surface area (Å²) in [4.78, 5) is 27.4. The molecule has 6 heteroatoms. The van der Waals surface area contributed by atoms with E-state index >= 15 is 0 Å². The molecular weight excluding hydrogens is 256 g/mol. The average molecular weight is 278 g/mol. The van der Waals surface area contributed by atoms with E-state index in [2.05, 4.69) is 15.6 Å². The number of anilines is 1. The molecule has 0 saturated carbocycles. The Morgan fingerprint density at radius 3 is 2.60 bits per heavy atom. The number of hydrogen-bond acceptors (Lipinski definition) is 4. The molecule has 6 nitrogen and oxygen atoms in total. The van der Waals surface area contributed by atoms with Crippen molar-refractivity contribution in [3.05, 3.63) is 23.5 Å². The van der Waals surface area contributed by atoms with Crippen molar-refractivity contribution in [1.29, 1.82) is 0 Å². The number of hydrogen-bond donors (Lipinski definition) is 3. The molecule has 110 valence electrons. The minimum atomic E-state index is -0.697. The number of nitrogens with two attached hydrogens (primary N) is 1. The second-order valence-electron chi connectivity index (χ2n) is 5.38. The van der Waals surface area contributed by atoms with Gasteiger partial charge in [-0.2, -0.15) is 0 Å². The fraction of sp³-hybridized carbons (Fsp3) is 0.500. The van der Waals surface area contributed by atoms with E-state index in [1.807, 2.05) is 19.9 Å². The number of pyridine rings is 1. The molecule has 0 aliphatic rings. The van der Waals surface area contributed by atoms with Crippen molar-refractivity contribution in [1.82, 2.24) is 10.3 Å². The van der Waals surface area contributed by atoms with Gasteiger partial charge in [-0.1, -0.05) is 0 Å². The molecule has 0 saturated heterocycles. The van der Waals surface area contributed by atoms with Gasteiger partial charge >= 0.3 is 0 Å². The van der Waals surface area contributed by atoms with Crippen LogP contribution in [0.3, 0.4) is 0 Å². The number of rotatable bonds is 6. The van der Waals surface area contributed by atoms with E-state index in [4.69, 9.17) is 5.73 Å². The second-order valence-corrected chi connectivity index (χ2v) is 5.38. The lowest BCUT2D eigenvalue weighted by Crippen LogP contribution is -2.46. The zero-order valence-electron chi connectivity index (χ0n) is 12.4. The van der Waals surface area contributed by atoms with Gasteiger partial charge in [-0.3, -0.25) is 14.6 Å². The molecule has 4 N–H and O–H groups in total. The molecule has 0 fully saturated rings. The van der Waals surface area contributed by atoms with E-state index in [9.17, 15) is 9.59 Å². The lowest BCUT2D eigenvalue weighted by molar-refractivity contribution is -0.119. The van der Waals surface area contributed by atoms with Crippen LogP contribution < -0.4 is 16.4 Å². The van der Waals surface area contributed by atoms with Crippen molar-refractivity contribution in [2.45, 2.75) is 39.7 Å². The van der Waals surface area contributed by atoms with Gasteiger partial charge < -0.3 is 16.4 Å². The van der Waals surface area contributed by atoms with E-state index in [0.29, 0.717) is 12.1 Å². The van der Waals surface area contributed by atoms with Crippen molar-refractivity contribution in [3.63, 3.8) is 0 Å². The molecule has 0 bridgehead atoms. The molecule has 0 unspecified atom stereocenters. The van der Waals surface area contributed by atoms with Gasteiger partial charge in [0.2, 0.25) is 5.91 Å². The highest BCUT2D eigenvalue weighted by Crippen LogP contribution is 2.17. The molecule has 0 aliphatic carbocycles. The number of carbonyl (C=O) groups excluding carboxylic acids is 2. The number of aryl methyl sites for hydroxylation is 1. The maximum absolute atomic E-state index is 12.3. The van der Waals surface area contributed by atoms with Gasteiger partial charge in [0.15, 0.2) is 0 Å². The van der Waals surface area contributed by atoms with Gasteiger partial charge in [-0.15, -0.1) is 0 Å². The number of nitrogens with zero attached hydrogens (tertiary/aromatic N) is 1. The first-order chi connectivity index (χ1) is 9.25. The first-order valence-electron chi connectivity index (χ1n) is 6.56. The Balaban J connectivity index is 2.94. The summed E-state index contributed by atoms with van der Waals surface area (Å²) in [5, 5.41) is 5.93. The van der Waals surface area contributed by atoms with Crippen LogP contribution in [0.1, 0.15) is 43.2 Å². The summed E-state index contributed by atoms with van der Waals surface area (Å²) in [6, 6.07) is 1.82. The molecule has 1 rings (SSSR count). The van der Waals surface area contributed by atoms with E-state index in [1.54, 1.807) is 13.8 Å². The van der Waals surface area contributed by atoms with Gasteiger partial charge in [0, 0.05) is 30.4 Å². The molecule has 0 aliphatic heterocycles. The molecule has 1 heterocycles. The highest BCUT2D eigenvalue weighted by Gasteiger charge is 2.24. The molecule has 0 spiro atoms. The summed E-state index contributed by atoms with van der Waals surface area (Å²) in [6.07, 6.45) is 1.61. The third-order valence-corrected chi connectivity index (χ3v) is 2.72. The molecule has 2 amide bonds. The average Bonchev–Trinajstić information content (AvgIpc) is 2.26. The molecule has 0 aromatic carbocycles. The van der Waals surface area contributed by atoms with Gasteiger partial charge in [-0.25, -0.2) is 0 Å². The Morgan fingerprint density at radius 1 is 1.40 bits per heavy atom. The van der Waals surface area contributed by atoms with Crippen LogP contribution in [-0.2, 0) is 4.79 Å². The van der Waals surface area contributed by atoms with Crippen molar-refractivity contribution < 1.29 is 9.59 Å². The van der Waals surface area contributed by atoms with Gasteiger partial charge in [-0.05, 0) is 33.8 Å². The van der Waals surface area contributed by atoms with E-state index in [1.165, 1.54) is 6.20 Å². The molecule has 1 aromatic heterocycles. The summed E-state index contributed by atoms with van der Waals surface area (Å²) in [7, 11) is 0. The standard InChI is InChI=1S/C14H22N4O2/c1-5-16-11-6-9(2)17-8-10(11)13(20)18-14(3,4)7-12(15)19/h6,8H,5,7H2,1-4H3,(H2,15,19)(H,16,17)(H,18,20). The van der Waals surface area contributed by atoms with E-state index in [0.717, 1.165) is 11.4 Å². The van der Waals surface area contributed by atoms with Crippen LogP contribution in [-0.4, -0.2) is 28.9 Å². The topological polar surface area (TPSA) is 97.1 Å². The smallest absolute Gasteiger partial charge is 0.255 e. The van der Waals surface area contributed by atoms with Crippen LogP contribution in [0.2, 0.25) is 0 Å². The number of carbonyl (C=O) groups is 2. The minimum Gasteiger partial charge on any atom is -0.385 e. The highest BCUT2D eigenvalue weighted by molar-refractivity contribution is 6.00. The predicted octanol–water partition coefficient (Wildman–Crippen LogP) is 1.21. The summed E-state index contributed by atoms with van der Waals surface area (Å²) < 4.78 is 0. The number of aromatic nitrogens is 1. The summed E-state index contributed by atoms with van der Waals surface area (Å²) >= 11 is 0. The Hall–Kier alpha value is -2.11. The maximum Gasteiger partial charge on any atom is 0.255 e. The highest BCUT2D eigenvalue weighted by atomic mass is 16.2. The van der Waals surface area contributed by atoms with Crippen molar-refractivity contribution >= 4 is 17.5 Å². The largest absolute Gasteiger partial charge is 0.385 e. The SMILES string of the molecule is CCNc1cc(C)ncc1C(=O)NC(C)(C)CC(N)=O. The lowest BCUT2D eigenvalue weighted by Gasteiger charge is -2.25. The van der Waals surface area contributed by atoms with E-state index < -0.39 is 11.4 Å². The Labute approximate surface area is 119 Å². The fourth-order valence-corrected chi connectivity index (χ4v) is 1.93. The van der Waals surface area contributed by atoms with Gasteiger partial charge in [0.05, 0.1) is 11.3 Å². The van der Waals surface area contributed by atoms with Gasteiger partial charge in [0.25, 0.3) is 5.91 Å². The Bertz CT molecular complexity index is 512. The van der Waals surface area contributed by atoms with Crippen LogP contribution in [0, 0.1) is 6.92 Å². The molecule has 0 radical (unpaired) electrons. The zero-order valence-corrected chi connectivity index (χ0v) is 12.4. The molecule has 0 atom stereocenters. The maximum atomic E-state index is 12.3. The quantitative estimate of drug-likeness (QED) is 0.728. The van der Waals surface area contributed by atoms with Crippen molar-refractivity contribution in [2.24, 2.45) is 5.73 Å². The monoisotopic (exact) mass is 278 g/mol. The normalized spacial score (nSPS) is 11.0. The lowest BCUT2D eigenvalue weighted by atomic mass is 9.99. The summed E-state index contributed by atoms with van der Waals surface area (Å²) in [5.74, 6) is -0.732. The van der Waals surface area contributed by atoms with E-state index in [-0.39, 0.29) is 12.3 Å². The molecule has 1 aromatic rings. The van der Waals surface area contributed by atoms with Crippen LogP contribution in [0.4, 0.5) is 5.69 Å². The molecule has 20 heavy (non-hydrogen) atoms. The van der Waals surface area contributed by atoms with Crippen molar-refractivity contribution in [2.75, 3.05) is 11.9 Å². The fourth-order valence-electron chi connectivity index (χ4n) is 1.93. The third kappa shape index (κ3) is 4.53. The summed E-state index contributed by atoms with van der Waals surface area (Å²) in [6.45, 7) is 8.02. The van der Waals surface area contributed by atoms with Crippen LogP contribution in [0.5, 0.6) is 0 Å². The number of amides is 2. The zero-order chi connectivity index (χ0) is 15.3. The van der Waals surface area contributed by atoms with Crippen molar-refractivity contribution in [3.8, 4) is 0 Å².